The lowest BCUT2D eigenvalue weighted by Crippen LogP contribution is -3.15. The Kier molecular flexibility index (Phi) is 6.10. The lowest BCUT2D eigenvalue weighted by Gasteiger charge is -2.31. The van der Waals surface area contributed by atoms with Gasteiger partial charge in [-0.2, -0.15) is 0 Å². The van der Waals surface area contributed by atoms with Gasteiger partial charge in [0, 0.05) is 5.69 Å². The quantitative estimate of drug-likeness (QED) is 0.724. The van der Waals surface area contributed by atoms with Crippen molar-refractivity contribution in [2.45, 2.75) is 6.92 Å². The number of nitrogens with one attached hydrogen (secondary N) is 2. The van der Waals surface area contributed by atoms with Crippen LogP contribution in [0.15, 0.2) is 41.0 Å². The second-order valence-electron chi connectivity index (χ2n) is 6.77. The molecular formula is C20H24N3O5+. The van der Waals surface area contributed by atoms with Gasteiger partial charge >= 0.3 is 5.97 Å². The van der Waals surface area contributed by atoms with Crippen LogP contribution in [0.5, 0.6) is 0 Å². The van der Waals surface area contributed by atoms with E-state index >= 15 is 0 Å². The molecule has 2 aromatic rings. The second kappa shape index (κ2) is 8.71. The summed E-state index contributed by atoms with van der Waals surface area (Å²) in [6, 6.07) is 8.40. The van der Waals surface area contributed by atoms with Crippen molar-refractivity contribution in [3.63, 3.8) is 0 Å². The predicted molar refractivity (Wildman–Crippen MR) is 101 cm³/mol. The highest BCUT2D eigenvalue weighted by Gasteiger charge is 2.27. The zero-order chi connectivity index (χ0) is 20.1. The van der Waals surface area contributed by atoms with Crippen molar-refractivity contribution in [3.05, 3.63) is 53.5 Å². The summed E-state index contributed by atoms with van der Waals surface area (Å²) in [6.45, 7) is 4.66. The molecule has 2 N–H and O–H groups in total. The van der Waals surface area contributed by atoms with E-state index in [1.807, 2.05) is 6.92 Å². The van der Waals surface area contributed by atoms with Gasteiger partial charge in [-0.1, -0.05) is 6.07 Å². The molecule has 0 unspecified atom stereocenters. The Labute approximate surface area is 163 Å². The number of amides is 2. The van der Waals surface area contributed by atoms with Crippen LogP contribution in [0.2, 0.25) is 0 Å². The number of hydrogen-bond acceptors (Lipinski definition) is 5. The maximum absolute atomic E-state index is 12.4. The fourth-order valence-electron chi connectivity index (χ4n) is 3.18. The molecule has 0 spiro atoms. The topological polar surface area (TPSA) is 93.3 Å². The summed E-state index contributed by atoms with van der Waals surface area (Å²) < 4.78 is 9.88. The van der Waals surface area contributed by atoms with Gasteiger partial charge in [0.05, 0.1) is 45.1 Å². The van der Waals surface area contributed by atoms with Crippen molar-refractivity contribution in [1.82, 2.24) is 4.90 Å². The number of rotatable bonds is 5. The van der Waals surface area contributed by atoms with Crippen LogP contribution in [0.3, 0.4) is 0 Å². The van der Waals surface area contributed by atoms with Crippen molar-refractivity contribution in [2.75, 3.05) is 45.2 Å². The number of esters is 1. The zero-order valence-corrected chi connectivity index (χ0v) is 16.0. The highest BCUT2D eigenvalue weighted by molar-refractivity contribution is 5.95. The third-order valence-electron chi connectivity index (χ3n) is 4.83. The Hall–Kier alpha value is -3.13. The van der Waals surface area contributed by atoms with Crippen LogP contribution < -0.4 is 10.2 Å². The number of nitrogens with zero attached hydrogens (tertiary/aromatic N) is 1. The minimum atomic E-state index is -0.446. The Morgan fingerprint density at radius 2 is 1.96 bits per heavy atom. The van der Waals surface area contributed by atoms with E-state index in [0.29, 0.717) is 49.7 Å². The predicted octanol–water partition coefficient (Wildman–Crippen LogP) is 0.354. The van der Waals surface area contributed by atoms with Crippen molar-refractivity contribution in [3.8, 4) is 0 Å². The number of benzene rings is 1. The van der Waals surface area contributed by atoms with Gasteiger partial charge in [-0.05, 0) is 36.8 Å². The van der Waals surface area contributed by atoms with E-state index in [1.165, 1.54) is 13.4 Å². The zero-order valence-electron chi connectivity index (χ0n) is 16.0. The molecule has 0 saturated carbocycles. The summed E-state index contributed by atoms with van der Waals surface area (Å²) in [5.74, 6) is -0.365. The van der Waals surface area contributed by atoms with Crippen LogP contribution in [-0.4, -0.2) is 62.5 Å². The van der Waals surface area contributed by atoms with Crippen LogP contribution in [-0.2, 0) is 9.53 Å². The van der Waals surface area contributed by atoms with E-state index in [4.69, 9.17) is 9.15 Å². The summed E-state index contributed by atoms with van der Waals surface area (Å²) in [5.41, 5.74) is 1.85. The molecule has 1 fully saturated rings. The minimum Gasteiger partial charge on any atom is -0.465 e. The van der Waals surface area contributed by atoms with Gasteiger partial charge in [0.2, 0.25) is 0 Å². The highest BCUT2D eigenvalue weighted by Crippen LogP contribution is 2.17. The number of anilines is 1. The van der Waals surface area contributed by atoms with Gasteiger partial charge in [-0.3, -0.25) is 9.59 Å². The van der Waals surface area contributed by atoms with E-state index in [9.17, 15) is 14.4 Å². The molecule has 0 aliphatic carbocycles. The third kappa shape index (κ3) is 4.58. The summed E-state index contributed by atoms with van der Waals surface area (Å²) in [6.07, 6.45) is 1.48. The minimum absolute atomic E-state index is 0.122. The first-order chi connectivity index (χ1) is 13.5. The molecule has 148 valence electrons. The van der Waals surface area contributed by atoms with Crippen LogP contribution in [0, 0.1) is 6.92 Å². The molecule has 3 rings (SSSR count). The van der Waals surface area contributed by atoms with Crippen molar-refractivity contribution in [2.24, 2.45) is 0 Å². The van der Waals surface area contributed by atoms with Crippen LogP contribution >= 0.6 is 0 Å². The van der Waals surface area contributed by atoms with Gasteiger partial charge in [-0.15, -0.1) is 0 Å². The monoisotopic (exact) mass is 386 g/mol. The molecule has 0 bridgehead atoms. The molecule has 28 heavy (non-hydrogen) atoms. The molecule has 0 atom stereocenters. The Bertz CT molecular complexity index is 855. The molecule has 1 saturated heterocycles. The number of quaternary nitrogens is 1. The Morgan fingerprint density at radius 3 is 2.61 bits per heavy atom. The lowest BCUT2D eigenvalue weighted by atomic mass is 10.1. The summed E-state index contributed by atoms with van der Waals surface area (Å²) in [5, 5.41) is 2.87. The molecule has 1 aromatic carbocycles. The standard InChI is InChI=1S/C20H23N3O5/c1-14-5-6-15(20(26)27-2)12-16(14)21-18(24)13-22-7-9-23(10-8-22)19(25)17-4-3-11-28-17/h3-6,11-12H,7-10,13H2,1-2H3,(H,21,24)/p+1. The molecule has 1 aliphatic heterocycles. The largest absolute Gasteiger partial charge is 0.465 e. The maximum Gasteiger partial charge on any atom is 0.337 e. The number of furan rings is 1. The van der Waals surface area contributed by atoms with Gasteiger partial charge in [-0.25, -0.2) is 4.79 Å². The van der Waals surface area contributed by atoms with Gasteiger partial charge in [0.15, 0.2) is 12.3 Å². The van der Waals surface area contributed by atoms with Gasteiger partial charge in [0.25, 0.3) is 11.8 Å². The van der Waals surface area contributed by atoms with Crippen LogP contribution in [0.1, 0.15) is 26.5 Å². The van der Waals surface area contributed by atoms with E-state index in [1.54, 1.807) is 35.2 Å². The van der Waals surface area contributed by atoms with E-state index in [-0.39, 0.29) is 11.8 Å². The second-order valence-corrected chi connectivity index (χ2v) is 6.77. The number of ether oxygens (including phenoxy) is 1. The molecule has 0 radical (unpaired) electrons. The molecular weight excluding hydrogens is 362 g/mol. The van der Waals surface area contributed by atoms with E-state index in [0.717, 1.165) is 10.5 Å². The Balaban J connectivity index is 1.52. The van der Waals surface area contributed by atoms with Gasteiger partial charge < -0.3 is 24.3 Å². The molecule has 2 amide bonds. The highest BCUT2D eigenvalue weighted by atomic mass is 16.5. The SMILES string of the molecule is COC(=O)c1ccc(C)c(NC(=O)C[NH+]2CCN(C(=O)c3ccco3)CC2)c1. The molecule has 2 heterocycles. The first-order valence-corrected chi connectivity index (χ1v) is 9.13. The number of hydrogen-bond donors (Lipinski definition) is 2. The molecule has 8 nitrogen and oxygen atoms in total. The number of carbonyl (C=O) groups excluding carboxylic acids is 3. The van der Waals surface area contributed by atoms with Crippen molar-refractivity contribution < 1.29 is 28.4 Å². The van der Waals surface area contributed by atoms with E-state index in [2.05, 4.69) is 5.32 Å². The van der Waals surface area contributed by atoms with E-state index < -0.39 is 5.97 Å². The Morgan fingerprint density at radius 1 is 1.21 bits per heavy atom. The fourth-order valence-corrected chi connectivity index (χ4v) is 3.18. The molecule has 1 aliphatic rings. The first kappa shape index (κ1) is 19.6. The van der Waals surface area contributed by atoms with Crippen LogP contribution in [0.25, 0.3) is 0 Å². The van der Waals surface area contributed by atoms with Crippen molar-refractivity contribution >= 4 is 23.5 Å². The summed E-state index contributed by atoms with van der Waals surface area (Å²) >= 11 is 0. The normalized spacial score (nSPS) is 14.6. The fraction of sp³-hybridized carbons (Fsp3) is 0.350. The summed E-state index contributed by atoms with van der Waals surface area (Å²) in [7, 11) is 1.32. The molecule has 1 aromatic heterocycles. The van der Waals surface area contributed by atoms with Crippen LogP contribution in [0.4, 0.5) is 5.69 Å². The third-order valence-corrected chi connectivity index (χ3v) is 4.83. The average Bonchev–Trinajstić information content (AvgIpc) is 3.24. The average molecular weight is 386 g/mol. The number of piperazine rings is 1. The molecule has 8 heteroatoms. The summed E-state index contributed by atoms with van der Waals surface area (Å²) in [4.78, 5) is 39.2. The smallest absolute Gasteiger partial charge is 0.337 e. The van der Waals surface area contributed by atoms with Crippen molar-refractivity contribution in [1.29, 1.82) is 0 Å². The number of methoxy groups -OCH3 is 1. The lowest BCUT2D eigenvalue weighted by molar-refractivity contribution is -0.895. The van der Waals surface area contributed by atoms with Gasteiger partial charge in [0.1, 0.15) is 0 Å². The number of carbonyl (C=O) groups is 3. The maximum atomic E-state index is 12.4. The first-order valence-electron chi connectivity index (χ1n) is 9.13. The number of aryl methyl sites for hydroxylation is 1.